The second kappa shape index (κ2) is 6.86. The number of ether oxygens (including phenoxy) is 1. The van der Waals surface area contributed by atoms with Gasteiger partial charge in [-0.3, -0.25) is 14.4 Å². The fourth-order valence-electron chi connectivity index (χ4n) is 3.96. The molecule has 7 heteroatoms. The molecule has 2 atom stereocenters. The molecule has 1 N–H and O–H groups in total. The summed E-state index contributed by atoms with van der Waals surface area (Å²) in [5.41, 5.74) is 0. The molecule has 0 aromatic heterocycles. The number of carbonyl (C=O) groups is 3. The molecule has 128 valence electrons. The molecule has 3 aliphatic rings. The fourth-order valence-corrected chi connectivity index (χ4v) is 3.96. The Kier molecular flexibility index (Phi) is 4.84. The van der Waals surface area contributed by atoms with Gasteiger partial charge in [-0.15, -0.1) is 0 Å². The number of nitrogens with zero attached hydrogens (tertiary/aromatic N) is 2. The zero-order valence-electron chi connectivity index (χ0n) is 13.3. The van der Waals surface area contributed by atoms with E-state index < -0.39 is 12.1 Å². The van der Waals surface area contributed by atoms with Crippen LogP contribution in [0.5, 0.6) is 0 Å². The third kappa shape index (κ3) is 3.65. The molecular weight excluding hydrogens is 300 g/mol. The summed E-state index contributed by atoms with van der Waals surface area (Å²) in [5, 5.41) is 8.86. The Bertz CT molecular complexity index is 489. The number of carbonyl (C=O) groups excluding carboxylic acids is 2. The molecule has 2 saturated heterocycles. The number of morpholine rings is 1. The number of aliphatic carboxylic acids is 1. The number of hydrogen-bond donors (Lipinski definition) is 1. The second-order valence-electron chi connectivity index (χ2n) is 6.76. The molecule has 0 bridgehead atoms. The molecule has 2 aliphatic heterocycles. The molecule has 0 aromatic carbocycles. The Labute approximate surface area is 135 Å². The SMILES string of the molecule is O=C(O)C[C@H]1CN(C(=O)[C@H]2CC(=O)N(C3CCCC3)C2)CCO1. The van der Waals surface area contributed by atoms with E-state index in [1.807, 2.05) is 4.90 Å². The van der Waals surface area contributed by atoms with Gasteiger partial charge < -0.3 is 19.6 Å². The first-order chi connectivity index (χ1) is 11.0. The van der Waals surface area contributed by atoms with Crippen LogP contribution >= 0.6 is 0 Å². The zero-order chi connectivity index (χ0) is 16.4. The number of hydrogen-bond acceptors (Lipinski definition) is 4. The molecule has 2 heterocycles. The minimum absolute atomic E-state index is 0.0301. The highest BCUT2D eigenvalue weighted by atomic mass is 16.5. The quantitative estimate of drug-likeness (QED) is 0.813. The molecule has 23 heavy (non-hydrogen) atoms. The summed E-state index contributed by atoms with van der Waals surface area (Å²) < 4.78 is 5.40. The van der Waals surface area contributed by atoms with E-state index in [9.17, 15) is 14.4 Å². The Balaban J connectivity index is 1.57. The fraction of sp³-hybridized carbons (Fsp3) is 0.812. The highest BCUT2D eigenvalue weighted by Gasteiger charge is 2.41. The predicted octanol–water partition coefficient (Wildman–Crippen LogP) is 0.480. The van der Waals surface area contributed by atoms with Crippen LogP contribution in [-0.4, -0.2) is 71.1 Å². The average molecular weight is 324 g/mol. The largest absolute Gasteiger partial charge is 0.481 e. The summed E-state index contributed by atoms with van der Waals surface area (Å²) in [6.07, 6.45) is 4.15. The van der Waals surface area contributed by atoms with Crippen molar-refractivity contribution < 1.29 is 24.2 Å². The van der Waals surface area contributed by atoms with Crippen molar-refractivity contribution in [2.45, 2.75) is 50.7 Å². The molecule has 0 radical (unpaired) electrons. The van der Waals surface area contributed by atoms with Gasteiger partial charge in [-0.2, -0.15) is 0 Å². The predicted molar refractivity (Wildman–Crippen MR) is 80.6 cm³/mol. The van der Waals surface area contributed by atoms with Crippen LogP contribution in [0.4, 0.5) is 0 Å². The highest BCUT2D eigenvalue weighted by Crippen LogP contribution is 2.30. The monoisotopic (exact) mass is 324 g/mol. The zero-order valence-corrected chi connectivity index (χ0v) is 13.3. The number of rotatable bonds is 4. The first-order valence-electron chi connectivity index (χ1n) is 8.46. The lowest BCUT2D eigenvalue weighted by Gasteiger charge is -2.34. The number of carboxylic acid groups (broad SMARTS) is 1. The highest BCUT2D eigenvalue weighted by molar-refractivity contribution is 5.89. The first kappa shape index (κ1) is 16.2. The van der Waals surface area contributed by atoms with E-state index in [4.69, 9.17) is 9.84 Å². The molecule has 3 fully saturated rings. The number of likely N-dealkylation sites (tertiary alicyclic amines) is 1. The Morgan fingerprint density at radius 1 is 1.22 bits per heavy atom. The van der Waals surface area contributed by atoms with E-state index in [1.165, 1.54) is 0 Å². The van der Waals surface area contributed by atoms with Crippen LogP contribution in [0.3, 0.4) is 0 Å². The minimum atomic E-state index is -0.923. The van der Waals surface area contributed by atoms with Crippen LogP contribution in [0.25, 0.3) is 0 Å². The van der Waals surface area contributed by atoms with Gasteiger partial charge >= 0.3 is 5.97 Å². The molecule has 0 aromatic rings. The van der Waals surface area contributed by atoms with E-state index in [0.717, 1.165) is 25.7 Å². The average Bonchev–Trinajstić information content (AvgIpc) is 3.15. The Hall–Kier alpha value is -1.63. The lowest BCUT2D eigenvalue weighted by atomic mass is 10.1. The van der Waals surface area contributed by atoms with E-state index in [2.05, 4.69) is 0 Å². The van der Waals surface area contributed by atoms with E-state index in [1.54, 1.807) is 4.90 Å². The maximum atomic E-state index is 12.7. The summed E-state index contributed by atoms with van der Waals surface area (Å²) in [7, 11) is 0. The van der Waals surface area contributed by atoms with Gasteiger partial charge in [-0.05, 0) is 12.8 Å². The molecular formula is C16H24N2O5. The van der Waals surface area contributed by atoms with Crippen molar-refractivity contribution in [3.63, 3.8) is 0 Å². The molecule has 1 aliphatic carbocycles. The van der Waals surface area contributed by atoms with Crippen molar-refractivity contribution in [1.29, 1.82) is 0 Å². The lowest BCUT2D eigenvalue weighted by molar-refractivity contribution is -0.149. The van der Waals surface area contributed by atoms with Gasteiger partial charge in [0.1, 0.15) is 0 Å². The molecule has 2 amide bonds. The third-order valence-corrected chi connectivity index (χ3v) is 5.13. The summed E-state index contributed by atoms with van der Waals surface area (Å²) in [6.45, 7) is 1.66. The van der Waals surface area contributed by atoms with E-state index >= 15 is 0 Å². The molecule has 7 nitrogen and oxygen atoms in total. The number of amides is 2. The van der Waals surface area contributed by atoms with Crippen LogP contribution in [0.15, 0.2) is 0 Å². The van der Waals surface area contributed by atoms with Crippen LogP contribution in [0, 0.1) is 5.92 Å². The van der Waals surface area contributed by atoms with E-state index in [0.29, 0.717) is 32.3 Å². The van der Waals surface area contributed by atoms with Gasteiger partial charge in [0, 0.05) is 32.1 Å². The van der Waals surface area contributed by atoms with Crippen molar-refractivity contribution in [1.82, 2.24) is 9.80 Å². The summed E-state index contributed by atoms with van der Waals surface area (Å²) in [4.78, 5) is 39.3. The molecule has 3 rings (SSSR count). The third-order valence-electron chi connectivity index (χ3n) is 5.13. The van der Waals surface area contributed by atoms with Crippen molar-refractivity contribution in [2.75, 3.05) is 26.2 Å². The van der Waals surface area contributed by atoms with Crippen LogP contribution in [0.1, 0.15) is 38.5 Å². The maximum absolute atomic E-state index is 12.7. The van der Waals surface area contributed by atoms with E-state index in [-0.39, 0.29) is 30.6 Å². The van der Waals surface area contributed by atoms with Gasteiger partial charge in [0.25, 0.3) is 0 Å². The van der Waals surface area contributed by atoms with Gasteiger partial charge in [0.2, 0.25) is 11.8 Å². The molecule has 0 unspecified atom stereocenters. The standard InChI is InChI=1S/C16H24N2O5/c19-14-7-11(9-18(14)12-3-1-2-4-12)16(22)17-5-6-23-13(10-17)8-15(20)21/h11-13H,1-10H2,(H,20,21)/t11-,13-/m0/s1. The Morgan fingerprint density at radius 2 is 1.96 bits per heavy atom. The second-order valence-corrected chi connectivity index (χ2v) is 6.76. The molecule has 1 saturated carbocycles. The first-order valence-corrected chi connectivity index (χ1v) is 8.46. The normalized spacial score (nSPS) is 29.3. The van der Waals surface area contributed by atoms with Crippen molar-refractivity contribution in [3.05, 3.63) is 0 Å². The summed E-state index contributed by atoms with van der Waals surface area (Å²) >= 11 is 0. The smallest absolute Gasteiger partial charge is 0.306 e. The van der Waals surface area contributed by atoms with Gasteiger partial charge in [-0.1, -0.05) is 12.8 Å². The van der Waals surface area contributed by atoms with Crippen molar-refractivity contribution in [3.8, 4) is 0 Å². The van der Waals surface area contributed by atoms with Gasteiger partial charge in [-0.25, -0.2) is 0 Å². The lowest BCUT2D eigenvalue weighted by Crippen LogP contribution is -2.48. The minimum Gasteiger partial charge on any atom is -0.481 e. The van der Waals surface area contributed by atoms with Crippen LogP contribution < -0.4 is 0 Å². The maximum Gasteiger partial charge on any atom is 0.306 e. The van der Waals surface area contributed by atoms with Crippen molar-refractivity contribution >= 4 is 17.8 Å². The van der Waals surface area contributed by atoms with Crippen LogP contribution in [-0.2, 0) is 19.1 Å². The van der Waals surface area contributed by atoms with Crippen molar-refractivity contribution in [2.24, 2.45) is 5.92 Å². The Morgan fingerprint density at radius 3 is 2.65 bits per heavy atom. The summed E-state index contributed by atoms with van der Waals surface area (Å²) in [5.74, 6) is -1.15. The molecule has 0 spiro atoms. The topological polar surface area (TPSA) is 87.2 Å². The summed E-state index contributed by atoms with van der Waals surface area (Å²) in [6, 6.07) is 0.310. The van der Waals surface area contributed by atoms with Crippen LogP contribution in [0.2, 0.25) is 0 Å². The number of carboxylic acids is 1. The van der Waals surface area contributed by atoms with Gasteiger partial charge in [0.15, 0.2) is 0 Å². The van der Waals surface area contributed by atoms with Gasteiger partial charge in [0.05, 0.1) is 25.0 Å².